The van der Waals surface area contributed by atoms with Crippen LogP contribution in [0.15, 0.2) is 53.7 Å². The van der Waals surface area contributed by atoms with Crippen LogP contribution in [0.25, 0.3) is 0 Å². The number of nitrogens with zero attached hydrogens (tertiary/aromatic N) is 4. The van der Waals surface area contributed by atoms with Crippen LogP contribution in [0, 0.1) is 0 Å². The molecule has 7 nitrogen and oxygen atoms in total. The molecular formula is C20H22N4O3S2. The fourth-order valence-corrected chi connectivity index (χ4v) is 5.89. The van der Waals surface area contributed by atoms with E-state index in [1.807, 2.05) is 24.3 Å². The van der Waals surface area contributed by atoms with Crippen molar-refractivity contribution >= 4 is 21.4 Å². The number of hydrogen-bond donors (Lipinski definition) is 0. The van der Waals surface area contributed by atoms with E-state index in [9.17, 15) is 8.42 Å². The highest BCUT2D eigenvalue weighted by molar-refractivity contribution is 7.89. The Labute approximate surface area is 174 Å². The zero-order valence-corrected chi connectivity index (χ0v) is 17.7. The molecule has 0 bridgehead atoms. The van der Waals surface area contributed by atoms with E-state index < -0.39 is 10.0 Å². The molecule has 2 aromatic heterocycles. The normalized spacial score (nSPS) is 16.0. The van der Waals surface area contributed by atoms with Gasteiger partial charge in [0.1, 0.15) is 20.7 Å². The molecular weight excluding hydrogens is 408 g/mol. The Morgan fingerprint density at radius 1 is 1.14 bits per heavy atom. The van der Waals surface area contributed by atoms with E-state index in [1.54, 1.807) is 41.1 Å². The van der Waals surface area contributed by atoms with Crippen molar-refractivity contribution in [2.75, 3.05) is 20.2 Å². The van der Waals surface area contributed by atoms with Crippen LogP contribution in [-0.4, -0.2) is 48.1 Å². The van der Waals surface area contributed by atoms with E-state index in [1.165, 1.54) is 6.20 Å². The third-order valence-electron chi connectivity index (χ3n) is 5.07. The number of piperidine rings is 1. The molecule has 1 aliphatic rings. The van der Waals surface area contributed by atoms with Crippen molar-refractivity contribution < 1.29 is 13.2 Å². The van der Waals surface area contributed by atoms with E-state index >= 15 is 0 Å². The van der Waals surface area contributed by atoms with E-state index in [0.717, 1.165) is 40.6 Å². The SMILES string of the molecule is COc1ccc(Cc2nnc(C3CCN(S(=O)(=O)c4cccnc4)CC3)s2)cc1. The number of ether oxygens (including phenoxy) is 1. The first-order valence-electron chi connectivity index (χ1n) is 9.41. The van der Waals surface area contributed by atoms with Crippen molar-refractivity contribution in [3.8, 4) is 5.75 Å². The lowest BCUT2D eigenvalue weighted by molar-refractivity contribution is 0.318. The Kier molecular flexibility index (Phi) is 5.89. The number of pyridine rings is 1. The van der Waals surface area contributed by atoms with E-state index in [2.05, 4.69) is 15.2 Å². The van der Waals surface area contributed by atoms with Gasteiger partial charge in [0.25, 0.3) is 0 Å². The molecule has 3 aromatic rings. The molecule has 9 heteroatoms. The lowest BCUT2D eigenvalue weighted by Crippen LogP contribution is -2.37. The summed E-state index contributed by atoms with van der Waals surface area (Å²) in [4.78, 5) is 4.17. The summed E-state index contributed by atoms with van der Waals surface area (Å²) in [7, 11) is -1.83. The van der Waals surface area contributed by atoms with Gasteiger partial charge in [0.05, 0.1) is 7.11 Å². The number of methoxy groups -OCH3 is 1. The van der Waals surface area contributed by atoms with E-state index in [0.29, 0.717) is 13.1 Å². The first kappa shape index (κ1) is 19.9. The van der Waals surface area contributed by atoms with Crippen LogP contribution >= 0.6 is 11.3 Å². The Morgan fingerprint density at radius 3 is 2.55 bits per heavy atom. The lowest BCUT2D eigenvalue weighted by atomic mass is 9.99. The average molecular weight is 431 g/mol. The standard InChI is InChI=1S/C20H22N4O3S2/c1-27-17-6-4-15(5-7-17)13-19-22-23-20(28-19)16-8-11-24(12-9-16)29(25,26)18-3-2-10-21-14-18/h2-7,10,14,16H,8-9,11-13H2,1H3. The number of benzene rings is 1. The van der Waals surface area contributed by atoms with Crippen molar-refractivity contribution in [1.82, 2.24) is 19.5 Å². The molecule has 1 fully saturated rings. The van der Waals surface area contributed by atoms with Crippen molar-refractivity contribution in [2.45, 2.75) is 30.1 Å². The molecule has 0 saturated carbocycles. The molecule has 0 atom stereocenters. The summed E-state index contributed by atoms with van der Waals surface area (Å²) >= 11 is 1.62. The highest BCUT2D eigenvalue weighted by Gasteiger charge is 2.31. The third-order valence-corrected chi connectivity index (χ3v) is 8.04. The Balaban J connectivity index is 1.38. The molecule has 0 unspecified atom stereocenters. The van der Waals surface area contributed by atoms with Gasteiger partial charge >= 0.3 is 0 Å². The predicted octanol–water partition coefficient (Wildman–Crippen LogP) is 3.10. The van der Waals surface area contributed by atoms with Crippen molar-refractivity contribution in [3.63, 3.8) is 0 Å². The van der Waals surface area contributed by atoms with Crippen molar-refractivity contribution in [1.29, 1.82) is 0 Å². The second-order valence-electron chi connectivity index (χ2n) is 6.93. The average Bonchev–Trinajstić information content (AvgIpc) is 3.23. The summed E-state index contributed by atoms with van der Waals surface area (Å²) in [5.74, 6) is 1.08. The second-order valence-corrected chi connectivity index (χ2v) is 9.96. The molecule has 0 radical (unpaired) electrons. The fourth-order valence-electron chi connectivity index (χ4n) is 3.41. The summed E-state index contributed by atoms with van der Waals surface area (Å²) in [6, 6.07) is 11.2. The molecule has 3 heterocycles. The quantitative estimate of drug-likeness (QED) is 0.597. The first-order valence-corrected chi connectivity index (χ1v) is 11.7. The predicted molar refractivity (Wildman–Crippen MR) is 111 cm³/mol. The minimum absolute atomic E-state index is 0.246. The lowest BCUT2D eigenvalue weighted by Gasteiger charge is -2.29. The minimum atomic E-state index is -3.48. The van der Waals surface area contributed by atoms with Gasteiger partial charge in [-0.2, -0.15) is 4.31 Å². The Morgan fingerprint density at radius 2 is 1.90 bits per heavy atom. The number of hydrogen-bond acceptors (Lipinski definition) is 7. The number of aromatic nitrogens is 3. The van der Waals surface area contributed by atoms with Crippen LogP contribution in [0.2, 0.25) is 0 Å². The van der Waals surface area contributed by atoms with Crippen molar-refractivity contribution in [3.05, 3.63) is 64.4 Å². The second kappa shape index (κ2) is 8.56. The third kappa shape index (κ3) is 4.47. The molecule has 0 spiro atoms. The molecule has 152 valence electrons. The molecule has 0 amide bonds. The summed E-state index contributed by atoms with van der Waals surface area (Å²) in [5.41, 5.74) is 1.16. The molecule has 1 aliphatic heterocycles. The summed E-state index contributed by atoms with van der Waals surface area (Å²) in [6.45, 7) is 0.963. The van der Waals surface area contributed by atoms with Crippen LogP contribution in [0.3, 0.4) is 0 Å². The van der Waals surface area contributed by atoms with Gasteiger partial charge in [-0.3, -0.25) is 4.98 Å². The van der Waals surface area contributed by atoms with Gasteiger partial charge in [-0.25, -0.2) is 8.42 Å². The largest absolute Gasteiger partial charge is 0.497 e. The monoisotopic (exact) mass is 430 g/mol. The van der Waals surface area contributed by atoms with E-state index in [4.69, 9.17) is 4.74 Å². The van der Waals surface area contributed by atoms with Gasteiger partial charge in [0.15, 0.2) is 0 Å². The van der Waals surface area contributed by atoms with Gasteiger partial charge in [-0.05, 0) is 42.7 Å². The Hall–Kier alpha value is -2.36. The first-order chi connectivity index (χ1) is 14.1. The maximum atomic E-state index is 12.7. The summed E-state index contributed by atoms with van der Waals surface area (Å²) in [6.07, 6.45) is 5.20. The maximum absolute atomic E-state index is 12.7. The fraction of sp³-hybridized carbons (Fsp3) is 0.350. The van der Waals surface area contributed by atoms with Gasteiger partial charge < -0.3 is 4.74 Å². The zero-order valence-electron chi connectivity index (χ0n) is 16.1. The van der Waals surface area contributed by atoms with Crippen molar-refractivity contribution in [2.24, 2.45) is 0 Å². The van der Waals surface area contributed by atoms with Crippen LogP contribution < -0.4 is 4.74 Å². The summed E-state index contributed by atoms with van der Waals surface area (Å²) in [5, 5.41) is 10.7. The van der Waals surface area contributed by atoms with Crippen LogP contribution in [-0.2, 0) is 16.4 Å². The topological polar surface area (TPSA) is 85.3 Å². The van der Waals surface area contributed by atoms with Crippen LogP contribution in [0.1, 0.15) is 34.3 Å². The highest BCUT2D eigenvalue weighted by atomic mass is 32.2. The molecule has 0 N–H and O–H groups in total. The zero-order chi connectivity index (χ0) is 20.3. The van der Waals surface area contributed by atoms with Gasteiger partial charge in [0.2, 0.25) is 10.0 Å². The maximum Gasteiger partial charge on any atom is 0.244 e. The molecule has 1 aromatic carbocycles. The molecule has 4 rings (SSSR count). The minimum Gasteiger partial charge on any atom is -0.497 e. The highest BCUT2D eigenvalue weighted by Crippen LogP contribution is 2.32. The summed E-state index contributed by atoms with van der Waals surface area (Å²) < 4.78 is 32.2. The molecule has 0 aliphatic carbocycles. The molecule has 29 heavy (non-hydrogen) atoms. The number of rotatable bonds is 6. The van der Waals surface area contributed by atoms with Gasteiger partial charge in [-0.15, -0.1) is 21.5 Å². The Bertz CT molecular complexity index is 1040. The van der Waals surface area contributed by atoms with Crippen LogP contribution in [0.5, 0.6) is 5.75 Å². The number of sulfonamides is 1. The molecule has 1 saturated heterocycles. The van der Waals surface area contributed by atoms with Gasteiger partial charge in [0, 0.05) is 37.8 Å². The van der Waals surface area contributed by atoms with Crippen LogP contribution in [0.4, 0.5) is 0 Å². The smallest absolute Gasteiger partial charge is 0.244 e. The van der Waals surface area contributed by atoms with E-state index in [-0.39, 0.29) is 10.8 Å². The van der Waals surface area contributed by atoms with Gasteiger partial charge in [-0.1, -0.05) is 12.1 Å².